The molecule has 0 aromatic heterocycles. The third-order valence-corrected chi connectivity index (χ3v) is 1.18. The summed E-state index contributed by atoms with van der Waals surface area (Å²) in [5.74, 6) is 2.56. The van der Waals surface area contributed by atoms with Gasteiger partial charge in [-0.15, -0.1) is 6.42 Å². The molecule has 0 unspecified atom stereocenters. The Morgan fingerprint density at radius 3 is 2.45 bits per heavy atom. The van der Waals surface area contributed by atoms with Crippen molar-refractivity contribution in [3.05, 3.63) is 0 Å². The number of hydrogen-bond donors (Lipinski definition) is 0. The molecule has 0 aromatic carbocycles. The molecule has 0 heterocycles. The molecule has 0 bridgehead atoms. The molecule has 0 saturated carbocycles. The number of terminal acetylenes is 1. The van der Waals surface area contributed by atoms with E-state index in [1.807, 2.05) is 13.8 Å². The Balaban J connectivity index is 3.79. The third kappa shape index (κ3) is 5.47. The molecule has 0 spiro atoms. The van der Waals surface area contributed by atoms with Gasteiger partial charge < -0.3 is 4.74 Å². The van der Waals surface area contributed by atoms with Gasteiger partial charge >= 0.3 is 5.97 Å². The first kappa shape index (κ1) is 10.0. The van der Waals surface area contributed by atoms with Gasteiger partial charge in [0.25, 0.3) is 0 Å². The first-order chi connectivity index (χ1) is 5.06. The van der Waals surface area contributed by atoms with Crippen LogP contribution in [0.2, 0.25) is 0 Å². The zero-order valence-corrected chi connectivity index (χ0v) is 7.26. The third-order valence-electron chi connectivity index (χ3n) is 1.18. The fraction of sp³-hybridized carbons (Fsp3) is 0.667. The van der Waals surface area contributed by atoms with Crippen molar-refractivity contribution in [2.45, 2.75) is 33.3 Å². The summed E-state index contributed by atoms with van der Waals surface area (Å²) in [7, 11) is 0. The lowest BCUT2D eigenvalue weighted by Crippen LogP contribution is -2.16. The second-order valence-corrected chi connectivity index (χ2v) is 2.89. The summed E-state index contributed by atoms with van der Waals surface area (Å²) in [6, 6.07) is 0. The predicted octanol–water partition coefficient (Wildman–Crippen LogP) is 1.60. The van der Waals surface area contributed by atoms with Crippen LogP contribution in [0, 0.1) is 18.3 Å². The summed E-state index contributed by atoms with van der Waals surface area (Å²) in [4.78, 5) is 10.5. The molecule has 0 amide bonds. The van der Waals surface area contributed by atoms with Crippen LogP contribution < -0.4 is 0 Å². The summed E-state index contributed by atoms with van der Waals surface area (Å²) in [5.41, 5.74) is 0. The summed E-state index contributed by atoms with van der Waals surface area (Å²) in [6.07, 6.45) is 5.52. The molecule has 0 aliphatic heterocycles. The molecule has 0 rings (SSSR count). The molecule has 0 aromatic rings. The zero-order valence-electron chi connectivity index (χ0n) is 7.26. The Bertz CT molecular complexity index is 165. The molecule has 11 heavy (non-hydrogen) atoms. The van der Waals surface area contributed by atoms with E-state index in [1.54, 1.807) is 0 Å². The Morgan fingerprint density at radius 1 is 1.64 bits per heavy atom. The van der Waals surface area contributed by atoms with Crippen molar-refractivity contribution in [3.8, 4) is 12.3 Å². The highest BCUT2D eigenvalue weighted by atomic mass is 16.5. The van der Waals surface area contributed by atoms with Gasteiger partial charge in [0.2, 0.25) is 0 Å². The van der Waals surface area contributed by atoms with Gasteiger partial charge in [0.1, 0.15) is 0 Å². The van der Waals surface area contributed by atoms with E-state index >= 15 is 0 Å². The lowest BCUT2D eigenvalue weighted by atomic mass is 10.1. The van der Waals surface area contributed by atoms with E-state index in [9.17, 15) is 4.79 Å². The molecule has 0 fully saturated rings. The number of esters is 1. The number of carbonyl (C=O) groups is 1. The van der Waals surface area contributed by atoms with Crippen LogP contribution in [0.3, 0.4) is 0 Å². The normalized spacial score (nSPS) is 12.3. The van der Waals surface area contributed by atoms with Gasteiger partial charge in [0.15, 0.2) is 6.10 Å². The first-order valence-electron chi connectivity index (χ1n) is 3.69. The average molecular weight is 154 g/mol. The van der Waals surface area contributed by atoms with Crippen molar-refractivity contribution in [2.75, 3.05) is 0 Å². The van der Waals surface area contributed by atoms with Gasteiger partial charge in [-0.3, -0.25) is 4.79 Å². The molecule has 1 atom stereocenters. The van der Waals surface area contributed by atoms with E-state index in [0.717, 1.165) is 6.42 Å². The topological polar surface area (TPSA) is 26.3 Å². The molecular weight excluding hydrogens is 140 g/mol. The Hall–Kier alpha value is -0.970. The molecule has 0 N–H and O–H groups in total. The second-order valence-electron chi connectivity index (χ2n) is 2.89. The van der Waals surface area contributed by atoms with Crippen LogP contribution >= 0.6 is 0 Å². The Labute approximate surface area is 67.9 Å². The zero-order chi connectivity index (χ0) is 8.85. The van der Waals surface area contributed by atoms with E-state index in [4.69, 9.17) is 11.2 Å². The highest BCUT2D eigenvalue weighted by molar-refractivity contribution is 5.66. The predicted molar refractivity (Wildman–Crippen MR) is 43.8 cm³/mol. The van der Waals surface area contributed by atoms with E-state index < -0.39 is 0 Å². The first-order valence-corrected chi connectivity index (χ1v) is 3.69. The van der Waals surface area contributed by atoms with Crippen molar-refractivity contribution in [1.29, 1.82) is 0 Å². The lowest BCUT2D eigenvalue weighted by Gasteiger charge is -2.12. The molecular formula is C9H14O2. The van der Waals surface area contributed by atoms with Crippen LogP contribution in [0.25, 0.3) is 0 Å². The maximum Gasteiger partial charge on any atom is 0.303 e. The van der Waals surface area contributed by atoms with Crippen molar-refractivity contribution in [2.24, 2.45) is 5.92 Å². The lowest BCUT2D eigenvalue weighted by molar-refractivity contribution is -0.144. The standard InChI is InChI=1S/C9H14O2/c1-5-9(6-7(2)3)11-8(4)10/h1,7,9H,6H2,2-4H3/t9-/m0/s1. The second kappa shape index (κ2) is 4.79. The maximum absolute atomic E-state index is 10.5. The van der Waals surface area contributed by atoms with E-state index in [-0.39, 0.29) is 12.1 Å². The van der Waals surface area contributed by atoms with Gasteiger partial charge in [0.05, 0.1) is 0 Å². The molecule has 2 heteroatoms. The highest BCUT2D eigenvalue weighted by Crippen LogP contribution is 2.07. The summed E-state index contributed by atoms with van der Waals surface area (Å²) in [6.45, 7) is 5.44. The van der Waals surface area contributed by atoms with Crippen LogP contribution in [-0.4, -0.2) is 12.1 Å². The van der Waals surface area contributed by atoms with Crippen LogP contribution in [0.5, 0.6) is 0 Å². The van der Waals surface area contributed by atoms with Crippen LogP contribution in [0.15, 0.2) is 0 Å². The van der Waals surface area contributed by atoms with E-state index in [1.165, 1.54) is 6.92 Å². The quantitative estimate of drug-likeness (QED) is 0.456. The smallest absolute Gasteiger partial charge is 0.303 e. The molecule has 62 valence electrons. The van der Waals surface area contributed by atoms with E-state index in [2.05, 4.69) is 5.92 Å². The number of ether oxygens (including phenoxy) is 1. The minimum absolute atomic E-state index is 0.311. The fourth-order valence-corrected chi connectivity index (χ4v) is 0.779. The number of rotatable bonds is 3. The monoisotopic (exact) mass is 154 g/mol. The van der Waals surface area contributed by atoms with Crippen molar-refractivity contribution < 1.29 is 9.53 Å². The summed E-state index contributed by atoms with van der Waals surface area (Å²) < 4.78 is 4.84. The van der Waals surface area contributed by atoms with Crippen LogP contribution in [-0.2, 0) is 9.53 Å². The van der Waals surface area contributed by atoms with Crippen molar-refractivity contribution in [1.82, 2.24) is 0 Å². The largest absolute Gasteiger partial charge is 0.449 e. The Morgan fingerprint density at radius 2 is 2.18 bits per heavy atom. The van der Waals surface area contributed by atoms with Crippen LogP contribution in [0.1, 0.15) is 27.2 Å². The summed E-state index contributed by atoms with van der Waals surface area (Å²) in [5, 5.41) is 0. The van der Waals surface area contributed by atoms with Gasteiger partial charge in [-0.25, -0.2) is 0 Å². The molecule has 0 saturated heterocycles. The molecule has 0 aliphatic rings. The number of hydrogen-bond acceptors (Lipinski definition) is 2. The molecule has 0 aliphatic carbocycles. The average Bonchev–Trinajstić information content (AvgIpc) is 1.84. The SMILES string of the molecule is C#C[C@@H](CC(C)C)OC(C)=O. The van der Waals surface area contributed by atoms with Gasteiger partial charge in [-0.05, 0) is 12.3 Å². The maximum atomic E-state index is 10.5. The highest BCUT2D eigenvalue weighted by Gasteiger charge is 2.09. The van der Waals surface area contributed by atoms with Gasteiger partial charge in [-0.2, -0.15) is 0 Å². The fourth-order valence-electron chi connectivity index (χ4n) is 0.779. The summed E-state index contributed by atoms with van der Waals surface area (Å²) >= 11 is 0. The molecule has 2 nitrogen and oxygen atoms in total. The van der Waals surface area contributed by atoms with Crippen LogP contribution in [0.4, 0.5) is 0 Å². The minimum Gasteiger partial charge on any atom is -0.449 e. The molecule has 0 radical (unpaired) electrons. The Kier molecular flexibility index (Phi) is 4.36. The van der Waals surface area contributed by atoms with Crippen molar-refractivity contribution in [3.63, 3.8) is 0 Å². The van der Waals surface area contributed by atoms with E-state index in [0.29, 0.717) is 5.92 Å². The number of carbonyl (C=O) groups excluding carboxylic acids is 1. The minimum atomic E-state index is -0.354. The van der Waals surface area contributed by atoms with Gasteiger partial charge in [0, 0.05) is 6.92 Å². The van der Waals surface area contributed by atoms with Gasteiger partial charge in [-0.1, -0.05) is 19.8 Å². The van der Waals surface area contributed by atoms with Crippen molar-refractivity contribution >= 4 is 5.97 Å².